The first-order valence-corrected chi connectivity index (χ1v) is 5.06. The van der Waals surface area contributed by atoms with Crippen molar-refractivity contribution >= 4 is 23.2 Å². The van der Waals surface area contributed by atoms with Gasteiger partial charge in [0.15, 0.2) is 0 Å². The standard InChI is InChI=1S/C10H8Cl2N2O/c11-7-1-2-9(12)8(3-7)10(15)6-4-13-14-5-6/h1-5,10,15H,(H,13,14). The number of hydrogen-bond donors (Lipinski definition) is 2. The van der Waals surface area contributed by atoms with Crippen LogP contribution in [0.1, 0.15) is 17.2 Å². The second-order valence-corrected chi connectivity index (χ2v) is 3.94. The number of aliphatic hydroxyl groups excluding tert-OH is 1. The molecule has 3 nitrogen and oxygen atoms in total. The number of hydrogen-bond acceptors (Lipinski definition) is 2. The highest BCUT2D eigenvalue weighted by Gasteiger charge is 2.15. The predicted molar refractivity (Wildman–Crippen MR) is 59.1 cm³/mol. The lowest BCUT2D eigenvalue weighted by Crippen LogP contribution is -1.99. The van der Waals surface area contributed by atoms with Gasteiger partial charge >= 0.3 is 0 Å². The van der Waals surface area contributed by atoms with Crippen LogP contribution in [0.3, 0.4) is 0 Å². The molecular weight excluding hydrogens is 235 g/mol. The minimum absolute atomic E-state index is 0.480. The number of nitrogens with one attached hydrogen (secondary N) is 1. The molecule has 1 atom stereocenters. The molecule has 0 saturated heterocycles. The van der Waals surface area contributed by atoms with E-state index >= 15 is 0 Å². The highest BCUT2D eigenvalue weighted by atomic mass is 35.5. The van der Waals surface area contributed by atoms with Gasteiger partial charge in [0.05, 0.1) is 6.20 Å². The summed E-state index contributed by atoms with van der Waals surface area (Å²) in [5.41, 5.74) is 1.23. The van der Waals surface area contributed by atoms with Crippen molar-refractivity contribution in [1.29, 1.82) is 0 Å². The molecule has 0 spiro atoms. The number of H-pyrrole nitrogens is 1. The van der Waals surface area contributed by atoms with E-state index in [0.717, 1.165) is 0 Å². The number of aromatic nitrogens is 2. The maximum absolute atomic E-state index is 9.98. The van der Waals surface area contributed by atoms with Crippen LogP contribution in [0.15, 0.2) is 30.6 Å². The zero-order valence-electron chi connectivity index (χ0n) is 7.61. The third-order valence-corrected chi connectivity index (χ3v) is 2.67. The van der Waals surface area contributed by atoms with Crippen molar-refractivity contribution < 1.29 is 5.11 Å². The number of benzene rings is 1. The molecule has 2 N–H and O–H groups in total. The number of nitrogens with zero attached hydrogens (tertiary/aromatic N) is 1. The zero-order valence-corrected chi connectivity index (χ0v) is 9.13. The third kappa shape index (κ3) is 2.15. The smallest absolute Gasteiger partial charge is 0.109 e. The molecule has 1 aromatic heterocycles. The highest BCUT2D eigenvalue weighted by Crippen LogP contribution is 2.29. The number of halogens is 2. The molecule has 15 heavy (non-hydrogen) atoms. The number of aromatic amines is 1. The van der Waals surface area contributed by atoms with E-state index in [0.29, 0.717) is 21.2 Å². The fourth-order valence-corrected chi connectivity index (χ4v) is 1.72. The first-order valence-electron chi connectivity index (χ1n) is 4.30. The highest BCUT2D eigenvalue weighted by molar-refractivity contribution is 6.33. The van der Waals surface area contributed by atoms with E-state index < -0.39 is 6.10 Å². The van der Waals surface area contributed by atoms with Gasteiger partial charge in [-0.2, -0.15) is 5.10 Å². The van der Waals surface area contributed by atoms with Crippen LogP contribution in [0.2, 0.25) is 10.0 Å². The van der Waals surface area contributed by atoms with Gasteiger partial charge in [-0.3, -0.25) is 5.10 Å². The van der Waals surface area contributed by atoms with E-state index in [2.05, 4.69) is 10.2 Å². The number of aliphatic hydroxyl groups is 1. The van der Waals surface area contributed by atoms with Crippen molar-refractivity contribution in [1.82, 2.24) is 10.2 Å². The number of rotatable bonds is 2. The Kier molecular flexibility index (Phi) is 2.95. The van der Waals surface area contributed by atoms with Crippen LogP contribution in [-0.2, 0) is 0 Å². The molecule has 78 valence electrons. The molecule has 1 heterocycles. The Morgan fingerprint density at radius 1 is 1.33 bits per heavy atom. The first-order chi connectivity index (χ1) is 7.18. The normalized spacial score (nSPS) is 12.7. The molecule has 0 aliphatic rings. The Bertz CT molecular complexity index is 456. The summed E-state index contributed by atoms with van der Waals surface area (Å²) in [5.74, 6) is 0. The fourth-order valence-electron chi connectivity index (χ4n) is 1.31. The molecule has 0 aliphatic carbocycles. The molecule has 2 rings (SSSR count). The molecule has 0 bridgehead atoms. The van der Waals surface area contributed by atoms with Crippen molar-refractivity contribution in [2.45, 2.75) is 6.10 Å². The molecule has 0 fully saturated rings. The molecule has 0 radical (unpaired) electrons. The zero-order chi connectivity index (χ0) is 10.8. The van der Waals surface area contributed by atoms with Crippen LogP contribution in [0.5, 0.6) is 0 Å². The van der Waals surface area contributed by atoms with Crippen molar-refractivity contribution in [2.24, 2.45) is 0 Å². The van der Waals surface area contributed by atoms with Crippen molar-refractivity contribution in [3.63, 3.8) is 0 Å². The molecule has 2 aromatic rings. The Balaban J connectivity index is 2.41. The summed E-state index contributed by atoms with van der Waals surface area (Å²) < 4.78 is 0. The third-order valence-electron chi connectivity index (χ3n) is 2.09. The second-order valence-electron chi connectivity index (χ2n) is 3.10. The van der Waals surface area contributed by atoms with Gasteiger partial charge in [0, 0.05) is 27.4 Å². The van der Waals surface area contributed by atoms with E-state index in [4.69, 9.17) is 23.2 Å². The monoisotopic (exact) mass is 242 g/mol. The van der Waals surface area contributed by atoms with Crippen molar-refractivity contribution in [3.05, 3.63) is 51.8 Å². The molecule has 1 aromatic carbocycles. The summed E-state index contributed by atoms with van der Waals surface area (Å²) in [7, 11) is 0. The summed E-state index contributed by atoms with van der Waals surface area (Å²) in [4.78, 5) is 0. The minimum atomic E-state index is -0.810. The average Bonchev–Trinajstić information content (AvgIpc) is 2.74. The SMILES string of the molecule is OC(c1cn[nH]c1)c1cc(Cl)ccc1Cl. The van der Waals surface area contributed by atoms with Crippen LogP contribution in [0.25, 0.3) is 0 Å². The molecule has 5 heteroatoms. The van der Waals surface area contributed by atoms with Crippen LogP contribution >= 0.6 is 23.2 Å². The van der Waals surface area contributed by atoms with Gasteiger partial charge in [-0.25, -0.2) is 0 Å². The average molecular weight is 243 g/mol. The first kappa shape index (κ1) is 10.5. The quantitative estimate of drug-likeness (QED) is 0.851. The maximum atomic E-state index is 9.98. The summed E-state index contributed by atoms with van der Waals surface area (Å²) in [6, 6.07) is 4.97. The molecule has 0 saturated carbocycles. The Morgan fingerprint density at radius 3 is 2.80 bits per heavy atom. The van der Waals surface area contributed by atoms with Gasteiger partial charge in [-0.1, -0.05) is 23.2 Å². The van der Waals surface area contributed by atoms with Crippen LogP contribution in [-0.4, -0.2) is 15.3 Å². The summed E-state index contributed by atoms with van der Waals surface area (Å²) >= 11 is 11.8. The van der Waals surface area contributed by atoms with Gasteiger partial charge in [-0.05, 0) is 18.2 Å². The predicted octanol–water partition coefficient (Wildman–Crippen LogP) is 2.80. The van der Waals surface area contributed by atoms with E-state index in [1.165, 1.54) is 0 Å². The van der Waals surface area contributed by atoms with Crippen molar-refractivity contribution in [2.75, 3.05) is 0 Å². The molecule has 0 aliphatic heterocycles. The summed E-state index contributed by atoms with van der Waals surface area (Å²) in [6.45, 7) is 0. The topological polar surface area (TPSA) is 48.9 Å². The van der Waals surface area contributed by atoms with E-state index in [1.54, 1.807) is 30.6 Å². The molecular formula is C10H8Cl2N2O. The lowest BCUT2D eigenvalue weighted by Gasteiger charge is -2.10. The minimum Gasteiger partial charge on any atom is -0.383 e. The van der Waals surface area contributed by atoms with Crippen molar-refractivity contribution in [3.8, 4) is 0 Å². The van der Waals surface area contributed by atoms with Gasteiger partial charge in [0.25, 0.3) is 0 Å². The van der Waals surface area contributed by atoms with Crippen LogP contribution in [0, 0.1) is 0 Å². The van der Waals surface area contributed by atoms with Gasteiger partial charge < -0.3 is 5.11 Å². The molecule has 0 amide bonds. The van der Waals surface area contributed by atoms with Gasteiger partial charge in [-0.15, -0.1) is 0 Å². The van der Waals surface area contributed by atoms with E-state index in [-0.39, 0.29) is 0 Å². The van der Waals surface area contributed by atoms with Gasteiger partial charge in [0.2, 0.25) is 0 Å². The Labute approximate surface area is 96.7 Å². The maximum Gasteiger partial charge on any atom is 0.109 e. The Morgan fingerprint density at radius 2 is 2.13 bits per heavy atom. The lowest BCUT2D eigenvalue weighted by atomic mass is 10.1. The van der Waals surface area contributed by atoms with Gasteiger partial charge in [0.1, 0.15) is 6.10 Å². The fraction of sp³-hybridized carbons (Fsp3) is 0.100. The van der Waals surface area contributed by atoms with Crippen LogP contribution in [0.4, 0.5) is 0 Å². The Hall–Kier alpha value is -1.03. The van der Waals surface area contributed by atoms with E-state index in [9.17, 15) is 5.11 Å². The van der Waals surface area contributed by atoms with E-state index in [1.807, 2.05) is 0 Å². The lowest BCUT2D eigenvalue weighted by molar-refractivity contribution is 0.220. The second kappa shape index (κ2) is 4.23. The summed E-state index contributed by atoms with van der Waals surface area (Å²) in [6.07, 6.45) is 2.35. The van der Waals surface area contributed by atoms with Crippen LogP contribution < -0.4 is 0 Å². The largest absolute Gasteiger partial charge is 0.383 e. The molecule has 1 unspecified atom stereocenters. The summed E-state index contributed by atoms with van der Waals surface area (Å²) in [5, 5.41) is 17.4.